The first kappa shape index (κ1) is 17.5. The van der Waals surface area contributed by atoms with Crippen molar-refractivity contribution < 1.29 is 9.59 Å². The number of nitrogens with two attached hydrogens (primary N) is 1. The second-order valence-electron chi connectivity index (χ2n) is 8.57. The SMILES string of the molecule is CC1CC1C(=O)Nc1cccc(C(=O)NC2C3CCCC2CC(N)C3)c1. The molecule has 5 nitrogen and oxygen atoms in total. The van der Waals surface area contributed by atoms with Gasteiger partial charge >= 0.3 is 0 Å². The van der Waals surface area contributed by atoms with E-state index in [4.69, 9.17) is 5.73 Å². The molecule has 0 heterocycles. The van der Waals surface area contributed by atoms with Gasteiger partial charge in [-0.15, -0.1) is 0 Å². The Balaban J connectivity index is 1.41. The van der Waals surface area contributed by atoms with Crippen molar-refractivity contribution >= 4 is 17.5 Å². The van der Waals surface area contributed by atoms with Crippen LogP contribution >= 0.6 is 0 Å². The van der Waals surface area contributed by atoms with Crippen LogP contribution in [0.2, 0.25) is 0 Å². The van der Waals surface area contributed by atoms with E-state index in [-0.39, 0.29) is 29.8 Å². The average Bonchev–Trinajstić information content (AvgIpc) is 3.33. The minimum Gasteiger partial charge on any atom is -0.349 e. The van der Waals surface area contributed by atoms with Gasteiger partial charge < -0.3 is 16.4 Å². The zero-order valence-electron chi connectivity index (χ0n) is 15.4. The van der Waals surface area contributed by atoms with Gasteiger partial charge in [0.1, 0.15) is 0 Å². The Hall–Kier alpha value is -1.88. The predicted octanol–water partition coefficient (Wildman–Crippen LogP) is 2.92. The highest BCUT2D eigenvalue weighted by Crippen LogP contribution is 2.40. The summed E-state index contributed by atoms with van der Waals surface area (Å²) in [5.41, 5.74) is 7.49. The zero-order chi connectivity index (χ0) is 18.3. The zero-order valence-corrected chi connectivity index (χ0v) is 15.4. The maximum absolute atomic E-state index is 12.8. The molecule has 0 spiro atoms. The molecule has 5 heteroatoms. The summed E-state index contributed by atoms with van der Waals surface area (Å²) in [6, 6.07) is 7.79. The molecular weight excluding hydrogens is 326 g/mol. The molecule has 3 saturated carbocycles. The third kappa shape index (κ3) is 3.63. The molecule has 3 fully saturated rings. The minimum absolute atomic E-state index is 0.0433. The van der Waals surface area contributed by atoms with E-state index >= 15 is 0 Å². The van der Waals surface area contributed by atoms with Crippen molar-refractivity contribution in [2.75, 3.05) is 5.32 Å². The van der Waals surface area contributed by atoms with Crippen molar-refractivity contribution in [1.82, 2.24) is 5.32 Å². The molecule has 4 rings (SSSR count). The van der Waals surface area contributed by atoms with Crippen LogP contribution in [0.25, 0.3) is 0 Å². The van der Waals surface area contributed by atoms with Gasteiger partial charge in [0.05, 0.1) is 0 Å². The summed E-state index contributed by atoms with van der Waals surface area (Å²) in [5.74, 6) is 1.61. The second kappa shape index (κ2) is 7.03. The fourth-order valence-corrected chi connectivity index (χ4v) is 4.92. The Kier molecular flexibility index (Phi) is 4.74. The largest absolute Gasteiger partial charge is 0.349 e. The van der Waals surface area contributed by atoms with Gasteiger partial charge in [0, 0.05) is 29.3 Å². The van der Waals surface area contributed by atoms with E-state index in [1.807, 2.05) is 18.2 Å². The van der Waals surface area contributed by atoms with Gasteiger partial charge in [-0.1, -0.05) is 19.4 Å². The van der Waals surface area contributed by atoms with Crippen LogP contribution in [0.4, 0.5) is 5.69 Å². The van der Waals surface area contributed by atoms with E-state index < -0.39 is 0 Å². The molecule has 140 valence electrons. The molecule has 26 heavy (non-hydrogen) atoms. The molecule has 1 aromatic rings. The number of benzene rings is 1. The highest BCUT2D eigenvalue weighted by molar-refractivity contribution is 5.98. The van der Waals surface area contributed by atoms with Crippen LogP contribution in [0.15, 0.2) is 24.3 Å². The van der Waals surface area contributed by atoms with Gasteiger partial charge in [-0.25, -0.2) is 0 Å². The fraction of sp³-hybridized carbons (Fsp3) is 0.619. The lowest BCUT2D eigenvalue weighted by molar-refractivity contribution is -0.117. The predicted molar refractivity (Wildman–Crippen MR) is 102 cm³/mol. The number of anilines is 1. The summed E-state index contributed by atoms with van der Waals surface area (Å²) in [6.45, 7) is 2.08. The highest BCUT2D eigenvalue weighted by atomic mass is 16.2. The van der Waals surface area contributed by atoms with Crippen LogP contribution in [-0.4, -0.2) is 23.9 Å². The number of carbonyl (C=O) groups is 2. The third-order valence-electron chi connectivity index (χ3n) is 6.51. The van der Waals surface area contributed by atoms with E-state index in [0.29, 0.717) is 29.0 Å². The standard InChI is InChI=1S/C21H29N3O2/c1-12-8-18(12)21(26)23-17-7-3-6-15(11-17)20(25)24-19-13-4-2-5-14(19)10-16(22)9-13/h3,6-7,11-14,16,18-19H,2,4-5,8-10,22H2,1H3,(H,23,26)(H,24,25). The molecule has 0 saturated heterocycles. The molecule has 2 bridgehead atoms. The first-order chi connectivity index (χ1) is 12.5. The molecule has 3 aliphatic rings. The number of carbonyl (C=O) groups excluding carboxylic acids is 2. The Bertz CT molecular complexity index is 690. The summed E-state index contributed by atoms with van der Waals surface area (Å²) in [7, 11) is 0. The third-order valence-corrected chi connectivity index (χ3v) is 6.51. The monoisotopic (exact) mass is 355 g/mol. The summed E-state index contributed by atoms with van der Waals surface area (Å²) in [4.78, 5) is 24.9. The summed E-state index contributed by atoms with van der Waals surface area (Å²) in [6.07, 6.45) is 6.54. The summed E-state index contributed by atoms with van der Waals surface area (Å²) >= 11 is 0. The summed E-state index contributed by atoms with van der Waals surface area (Å²) in [5, 5.41) is 6.22. The Labute approximate surface area is 155 Å². The molecule has 2 amide bonds. The highest BCUT2D eigenvalue weighted by Gasteiger charge is 2.40. The topological polar surface area (TPSA) is 84.2 Å². The minimum atomic E-state index is -0.0433. The van der Waals surface area contributed by atoms with Crippen LogP contribution in [0.3, 0.4) is 0 Å². The summed E-state index contributed by atoms with van der Waals surface area (Å²) < 4.78 is 0. The Morgan fingerprint density at radius 3 is 2.46 bits per heavy atom. The molecule has 3 aliphatic carbocycles. The number of hydrogen-bond acceptors (Lipinski definition) is 3. The first-order valence-electron chi connectivity index (χ1n) is 9.98. The van der Waals surface area contributed by atoms with Gasteiger partial charge in [0.15, 0.2) is 0 Å². The maximum atomic E-state index is 12.8. The van der Waals surface area contributed by atoms with Crippen molar-refractivity contribution in [2.24, 2.45) is 29.4 Å². The molecular formula is C21H29N3O2. The molecule has 0 radical (unpaired) electrons. The molecule has 4 N–H and O–H groups in total. The van der Waals surface area contributed by atoms with Gasteiger partial charge in [0.25, 0.3) is 5.91 Å². The number of hydrogen-bond donors (Lipinski definition) is 3. The van der Waals surface area contributed by atoms with Gasteiger partial charge in [-0.2, -0.15) is 0 Å². The molecule has 4 unspecified atom stereocenters. The normalized spacial score (nSPS) is 35.5. The molecule has 0 aromatic heterocycles. The number of fused-ring (bicyclic) bond motifs is 2. The average molecular weight is 355 g/mol. The van der Waals surface area contributed by atoms with Crippen LogP contribution in [-0.2, 0) is 4.79 Å². The van der Waals surface area contributed by atoms with Crippen molar-refractivity contribution in [2.45, 2.75) is 57.5 Å². The van der Waals surface area contributed by atoms with Crippen LogP contribution in [0, 0.1) is 23.7 Å². The quantitative estimate of drug-likeness (QED) is 0.776. The van der Waals surface area contributed by atoms with Crippen LogP contribution in [0.1, 0.15) is 55.8 Å². The van der Waals surface area contributed by atoms with E-state index in [9.17, 15) is 9.59 Å². The van der Waals surface area contributed by atoms with Crippen molar-refractivity contribution in [3.8, 4) is 0 Å². The molecule has 1 aromatic carbocycles. The van der Waals surface area contributed by atoms with Crippen LogP contribution < -0.4 is 16.4 Å². The number of nitrogens with one attached hydrogen (secondary N) is 2. The first-order valence-corrected chi connectivity index (χ1v) is 9.98. The number of rotatable bonds is 4. The Morgan fingerprint density at radius 1 is 1.12 bits per heavy atom. The second-order valence-corrected chi connectivity index (χ2v) is 8.57. The van der Waals surface area contributed by atoms with E-state index in [2.05, 4.69) is 17.6 Å². The van der Waals surface area contributed by atoms with E-state index in [0.717, 1.165) is 32.1 Å². The number of amides is 2. The Morgan fingerprint density at radius 2 is 1.81 bits per heavy atom. The molecule has 4 atom stereocenters. The van der Waals surface area contributed by atoms with Crippen molar-refractivity contribution in [3.63, 3.8) is 0 Å². The lowest BCUT2D eigenvalue weighted by atomic mass is 9.67. The fourth-order valence-electron chi connectivity index (χ4n) is 4.92. The van der Waals surface area contributed by atoms with Gasteiger partial charge in [-0.3, -0.25) is 9.59 Å². The lowest BCUT2D eigenvalue weighted by Gasteiger charge is -2.45. The van der Waals surface area contributed by atoms with Crippen molar-refractivity contribution in [1.29, 1.82) is 0 Å². The van der Waals surface area contributed by atoms with Gasteiger partial charge in [-0.05, 0) is 68.1 Å². The molecule has 0 aliphatic heterocycles. The van der Waals surface area contributed by atoms with Crippen LogP contribution in [0.5, 0.6) is 0 Å². The van der Waals surface area contributed by atoms with E-state index in [1.54, 1.807) is 6.07 Å². The van der Waals surface area contributed by atoms with Gasteiger partial charge in [0.2, 0.25) is 5.91 Å². The van der Waals surface area contributed by atoms with E-state index in [1.165, 1.54) is 6.42 Å². The maximum Gasteiger partial charge on any atom is 0.251 e. The van der Waals surface area contributed by atoms with Crippen molar-refractivity contribution in [3.05, 3.63) is 29.8 Å². The lowest BCUT2D eigenvalue weighted by Crippen LogP contribution is -2.53. The smallest absolute Gasteiger partial charge is 0.251 e.